The lowest BCUT2D eigenvalue weighted by Crippen LogP contribution is -2.34. The molecule has 0 spiro atoms. The molecule has 1 N–H and O–H groups in total. The third-order valence-electron chi connectivity index (χ3n) is 6.16. The highest BCUT2D eigenvalue weighted by Gasteiger charge is 2.59. The third kappa shape index (κ3) is 2.13. The fourth-order valence-electron chi connectivity index (χ4n) is 4.02. The van der Waals surface area contributed by atoms with Crippen LogP contribution in [-0.2, 0) is 0 Å². The lowest BCUT2D eigenvalue weighted by Gasteiger charge is -2.34. The van der Waals surface area contributed by atoms with Gasteiger partial charge in [0.2, 0.25) is 0 Å². The van der Waals surface area contributed by atoms with E-state index in [0.717, 1.165) is 17.9 Å². The van der Waals surface area contributed by atoms with Crippen molar-refractivity contribution < 1.29 is 9.53 Å². The van der Waals surface area contributed by atoms with Gasteiger partial charge in [-0.2, -0.15) is 5.10 Å². The molecule has 0 unspecified atom stereocenters. The van der Waals surface area contributed by atoms with Crippen molar-refractivity contribution in [3.05, 3.63) is 29.8 Å². The van der Waals surface area contributed by atoms with Crippen LogP contribution < -0.4 is 10.2 Å². The molecular formula is C18H24N2O2. The average molecular weight is 300 g/mol. The van der Waals surface area contributed by atoms with Crippen LogP contribution in [0.3, 0.4) is 0 Å². The van der Waals surface area contributed by atoms with Crippen LogP contribution in [0.4, 0.5) is 0 Å². The Morgan fingerprint density at radius 1 is 1.27 bits per heavy atom. The molecule has 0 aromatic heterocycles. The second-order valence-electron chi connectivity index (χ2n) is 7.22. The number of hydrazone groups is 1. The van der Waals surface area contributed by atoms with E-state index >= 15 is 0 Å². The molecule has 4 heteroatoms. The number of amides is 1. The van der Waals surface area contributed by atoms with Gasteiger partial charge in [-0.15, -0.1) is 0 Å². The van der Waals surface area contributed by atoms with Crippen molar-refractivity contribution in [2.45, 2.75) is 40.0 Å². The quantitative estimate of drug-likeness (QED) is 0.867. The maximum atomic E-state index is 12.2. The summed E-state index contributed by atoms with van der Waals surface area (Å²) in [5, 5.41) is 4.48. The molecule has 1 aromatic rings. The second-order valence-corrected chi connectivity index (χ2v) is 7.22. The minimum Gasteiger partial charge on any atom is -0.497 e. The first-order valence-corrected chi connectivity index (χ1v) is 7.90. The van der Waals surface area contributed by atoms with Gasteiger partial charge in [0.25, 0.3) is 5.91 Å². The molecule has 3 rings (SSSR count). The molecule has 0 aliphatic heterocycles. The third-order valence-corrected chi connectivity index (χ3v) is 6.16. The highest BCUT2D eigenvalue weighted by Crippen LogP contribution is 2.63. The predicted molar refractivity (Wildman–Crippen MR) is 87.1 cm³/mol. The molecule has 118 valence electrons. The summed E-state index contributed by atoms with van der Waals surface area (Å²) in [6, 6.07) is 7.07. The number of methoxy groups -OCH3 is 1. The molecule has 4 nitrogen and oxygen atoms in total. The number of rotatable bonds is 3. The number of hydrogen-bond donors (Lipinski definition) is 1. The van der Waals surface area contributed by atoms with Crippen LogP contribution in [0.15, 0.2) is 29.4 Å². The van der Waals surface area contributed by atoms with Gasteiger partial charge in [0, 0.05) is 16.7 Å². The first-order valence-electron chi connectivity index (χ1n) is 7.90. The summed E-state index contributed by atoms with van der Waals surface area (Å²) >= 11 is 0. The summed E-state index contributed by atoms with van der Waals surface area (Å²) in [5.74, 6) is 1.26. The van der Waals surface area contributed by atoms with Crippen molar-refractivity contribution in [3.63, 3.8) is 0 Å². The van der Waals surface area contributed by atoms with Crippen LogP contribution >= 0.6 is 0 Å². The number of ether oxygens (including phenoxy) is 1. The standard InChI is InChI=1S/C18H24N2O2/c1-17(2)13-9-10-18(17,3)15(11-13)19-20-16(21)12-5-7-14(22-4)8-6-12/h5-8,13H,9-11H2,1-4H3,(H,20,21)/b19-15-/t13-,18-/m1/s1. The van der Waals surface area contributed by atoms with E-state index in [-0.39, 0.29) is 16.7 Å². The van der Waals surface area contributed by atoms with Gasteiger partial charge in [0.1, 0.15) is 5.75 Å². The van der Waals surface area contributed by atoms with Gasteiger partial charge >= 0.3 is 0 Å². The summed E-state index contributed by atoms with van der Waals surface area (Å²) in [6.07, 6.45) is 3.45. The molecule has 2 atom stereocenters. The van der Waals surface area contributed by atoms with Gasteiger partial charge < -0.3 is 4.74 Å². The fraction of sp³-hybridized carbons (Fsp3) is 0.556. The monoisotopic (exact) mass is 300 g/mol. The van der Waals surface area contributed by atoms with Gasteiger partial charge in [-0.25, -0.2) is 5.43 Å². The number of carbonyl (C=O) groups excluding carboxylic acids is 1. The predicted octanol–water partition coefficient (Wildman–Crippen LogP) is 3.63. The van der Waals surface area contributed by atoms with Crippen LogP contribution in [-0.4, -0.2) is 18.7 Å². The van der Waals surface area contributed by atoms with Crippen molar-refractivity contribution in [1.29, 1.82) is 0 Å². The molecule has 1 aromatic carbocycles. The van der Waals surface area contributed by atoms with Gasteiger partial charge in [-0.3, -0.25) is 4.79 Å². The van der Waals surface area contributed by atoms with Gasteiger partial charge in [-0.05, 0) is 54.9 Å². The van der Waals surface area contributed by atoms with Crippen LogP contribution in [0.1, 0.15) is 50.4 Å². The zero-order valence-corrected chi connectivity index (χ0v) is 13.8. The summed E-state index contributed by atoms with van der Waals surface area (Å²) in [4.78, 5) is 12.2. The van der Waals surface area contributed by atoms with Crippen LogP contribution in [0.25, 0.3) is 0 Å². The molecule has 0 saturated heterocycles. The van der Waals surface area contributed by atoms with Gasteiger partial charge in [0.15, 0.2) is 0 Å². The molecule has 1 amide bonds. The largest absolute Gasteiger partial charge is 0.497 e. The Morgan fingerprint density at radius 2 is 1.95 bits per heavy atom. The van der Waals surface area contributed by atoms with E-state index < -0.39 is 0 Å². The number of hydrogen-bond acceptors (Lipinski definition) is 3. The normalized spacial score (nSPS) is 30.5. The van der Waals surface area contributed by atoms with Gasteiger partial charge in [0.05, 0.1) is 7.11 Å². The number of benzene rings is 1. The number of nitrogens with one attached hydrogen (secondary N) is 1. The summed E-state index contributed by atoms with van der Waals surface area (Å²) in [5.41, 5.74) is 4.87. The van der Waals surface area contributed by atoms with E-state index in [1.807, 2.05) is 0 Å². The van der Waals surface area contributed by atoms with E-state index in [1.54, 1.807) is 31.4 Å². The Bertz CT molecular complexity index is 618. The van der Waals surface area contributed by atoms with Crippen LogP contribution in [0, 0.1) is 16.7 Å². The lowest BCUT2D eigenvalue weighted by molar-refractivity contribution is 0.0954. The van der Waals surface area contributed by atoms with E-state index in [0.29, 0.717) is 11.5 Å². The van der Waals surface area contributed by atoms with Crippen LogP contribution in [0.5, 0.6) is 5.75 Å². The molecule has 0 heterocycles. The van der Waals surface area contributed by atoms with Crippen LogP contribution in [0.2, 0.25) is 0 Å². The van der Waals surface area contributed by atoms with Crippen molar-refractivity contribution in [1.82, 2.24) is 5.43 Å². The molecule has 2 aliphatic rings. The average Bonchev–Trinajstić information content (AvgIpc) is 2.85. The second kappa shape index (κ2) is 5.11. The zero-order chi connectivity index (χ0) is 16.0. The van der Waals surface area contributed by atoms with E-state index in [4.69, 9.17) is 4.74 Å². The highest BCUT2D eigenvalue weighted by atomic mass is 16.5. The molecule has 2 fully saturated rings. The molecule has 2 saturated carbocycles. The number of nitrogens with zero attached hydrogens (tertiary/aromatic N) is 1. The Balaban J connectivity index is 1.73. The van der Waals surface area contributed by atoms with E-state index in [9.17, 15) is 4.79 Å². The Morgan fingerprint density at radius 3 is 2.45 bits per heavy atom. The van der Waals surface area contributed by atoms with Crippen molar-refractivity contribution in [3.8, 4) is 5.75 Å². The molecule has 0 radical (unpaired) electrons. The maximum absolute atomic E-state index is 12.2. The molecular weight excluding hydrogens is 276 g/mol. The van der Waals surface area contributed by atoms with Crippen molar-refractivity contribution >= 4 is 11.6 Å². The summed E-state index contributed by atoms with van der Waals surface area (Å²) in [6.45, 7) is 6.95. The zero-order valence-electron chi connectivity index (χ0n) is 13.8. The Labute approximate surface area is 131 Å². The minimum absolute atomic E-state index is 0.116. The van der Waals surface area contributed by atoms with Crippen molar-refractivity contribution in [2.75, 3.05) is 7.11 Å². The number of fused-ring (bicyclic) bond motifs is 2. The topological polar surface area (TPSA) is 50.7 Å². The lowest BCUT2D eigenvalue weighted by atomic mass is 9.70. The molecule has 2 aliphatic carbocycles. The first-order chi connectivity index (χ1) is 10.4. The highest BCUT2D eigenvalue weighted by molar-refractivity contribution is 5.98. The van der Waals surface area contributed by atoms with Gasteiger partial charge in [-0.1, -0.05) is 20.8 Å². The molecule has 22 heavy (non-hydrogen) atoms. The molecule has 2 bridgehead atoms. The Hall–Kier alpha value is -1.84. The smallest absolute Gasteiger partial charge is 0.271 e. The Kier molecular flexibility index (Phi) is 3.50. The number of carbonyl (C=O) groups is 1. The maximum Gasteiger partial charge on any atom is 0.271 e. The summed E-state index contributed by atoms with van der Waals surface area (Å²) in [7, 11) is 1.61. The minimum atomic E-state index is -0.167. The van der Waals surface area contributed by atoms with E-state index in [2.05, 4.69) is 31.3 Å². The van der Waals surface area contributed by atoms with E-state index in [1.165, 1.54) is 12.8 Å². The van der Waals surface area contributed by atoms with Crippen molar-refractivity contribution in [2.24, 2.45) is 21.8 Å². The fourth-order valence-corrected chi connectivity index (χ4v) is 4.02. The summed E-state index contributed by atoms with van der Waals surface area (Å²) < 4.78 is 5.10. The first kappa shape index (κ1) is 15.1. The SMILES string of the molecule is COc1ccc(C(=O)N/N=C2/C[C@H]3CC[C@@]2(C)C3(C)C)cc1.